The number of benzene rings is 2. The first-order chi connectivity index (χ1) is 14.9. The van der Waals surface area contributed by atoms with E-state index in [0.717, 1.165) is 5.56 Å². The minimum Gasteiger partial charge on any atom is -0.348 e. The van der Waals surface area contributed by atoms with E-state index in [2.05, 4.69) is 20.8 Å². The number of anilines is 1. The van der Waals surface area contributed by atoms with Crippen LogP contribution < -0.4 is 10.6 Å². The minimum atomic E-state index is -0.233. The number of amides is 2. The molecule has 0 atom stereocenters. The molecule has 1 heterocycles. The highest BCUT2D eigenvalue weighted by atomic mass is 16.5. The predicted molar refractivity (Wildman–Crippen MR) is 119 cm³/mol. The van der Waals surface area contributed by atoms with E-state index in [1.54, 1.807) is 24.3 Å². The number of para-hydroxylation sites is 1. The Hall–Kier alpha value is -3.48. The van der Waals surface area contributed by atoms with Crippen molar-refractivity contribution in [2.75, 3.05) is 5.32 Å². The number of hydrogen-bond acceptors (Lipinski definition) is 5. The summed E-state index contributed by atoms with van der Waals surface area (Å²) in [6.07, 6.45) is 1.40. The van der Waals surface area contributed by atoms with Crippen molar-refractivity contribution in [3.05, 3.63) is 76.9 Å². The zero-order valence-electron chi connectivity index (χ0n) is 18.1. The molecule has 0 fully saturated rings. The van der Waals surface area contributed by atoms with Crippen LogP contribution in [0.4, 0.5) is 5.69 Å². The maximum absolute atomic E-state index is 12.7. The molecule has 2 N–H and O–H groups in total. The molecular weight excluding hydrogens is 392 g/mol. The van der Waals surface area contributed by atoms with Crippen LogP contribution in [-0.4, -0.2) is 22.0 Å². The molecule has 7 nitrogen and oxygen atoms in total. The molecule has 31 heavy (non-hydrogen) atoms. The number of aromatic nitrogens is 2. The summed E-state index contributed by atoms with van der Waals surface area (Å²) in [7, 11) is 0. The number of aryl methyl sites for hydroxylation is 2. The van der Waals surface area contributed by atoms with Gasteiger partial charge in [0.15, 0.2) is 5.82 Å². The van der Waals surface area contributed by atoms with Gasteiger partial charge in [-0.1, -0.05) is 61.0 Å². The lowest BCUT2D eigenvalue weighted by Gasteiger charge is -2.11. The lowest BCUT2D eigenvalue weighted by molar-refractivity contribution is -0.116. The fourth-order valence-electron chi connectivity index (χ4n) is 2.99. The molecule has 2 amide bonds. The molecule has 0 aliphatic carbocycles. The Labute approximate surface area is 182 Å². The Morgan fingerprint density at radius 3 is 2.52 bits per heavy atom. The van der Waals surface area contributed by atoms with Crippen molar-refractivity contribution in [3.8, 4) is 0 Å². The highest BCUT2D eigenvalue weighted by Gasteiger charge is 2.14. The largest absolute Gasteiger partial charge is 0.348 e. The van der Waals surface area contributed by atoms with Gasteiger partial charge in [-0.15, -0.1) is 0 Å². The summed E-state index contributed by atoms with van der Waals surface area (Å²) in [6.45, 7) is 6.43. The van der Waals surface area contributed by atoms with Crippen molar-refractivity contribution in [2.45, 2.75) is 52.5 Å². The highest BCUT2D eigenvalue weighted by molar-refractivity contribution is 6.03. The Morgan fingerprint density at radius 1 is 1.06 bits per heavy atom. The van der Waals surface area contributed by atoms with Gasteiger partial charge in [0, 0.05) is 25.3 Å². The van der Waals surface area contributed by atoms with E-state index in [1.807, 2.05) is 45.0 Å². The molecule has 3 aromatic rings. The minimum absolute atomic E-state index is 0.164. The summed E-state index contributed by atoms with van der Waals surface area (Å²) < 4.78 is 5.20. The molecule has 1 aromatic heterocycles. The maximum Gasteiger partial charge on any atom is 0.253 e. The van der Waals surface area contributed by atoms with Gasteiger partial charge in [-0.2, -0.15) is 4.98 Å². The molecule has 0 bridgehead atoms. The summed E-state index contributed by atoms with van der Waals surface area (Å²) in [5.41, 5.74) is 3.11. The molecular formula is C24H28N4O3. The van der Waals surface area contributed by atoms with Crippen LogP contribution in [0.25, 0.3) is 0 Å². The SMILES string of the molecule is Cc1ccc(CNC(=O)c2ccccc2NC(=O)CCCc2nc(C(C)C)no2)cc1. The molecule has 0 aliphatic rings. The number of nitrogens with one attached hydrogen (secondary N) is 2. The number of rotatable bonds is 9. The summed E-state index contributed by atoms with van der Waals surface area (Å²) in [5.74, 6) is 1.01. The average Bonchev–Trinajstić information content (AvgIpc) is 3.23. The standard InChI is InChI=1S/C24H28N4O3/c1-16(2)23-27-22(31-28-23)10-6-9-21(29)26-20-8-5-4-7-19(20)24(30)25-15-18-13-11-17(3)12-14-18/h4-5,7-8,11-14,16H,6,9-10,15H2,1-3H3,(H,25,30)(H,26,29). The van der Waals surface area contributed by atoms with Gasteiger partial charge in [-0.25, -0.2) is 0 Å². The molecule has 7 heteroatoms. The molecule has 0 saturated carbocycles. The fourth-order valence-corrected chi connectivity index (χ4v) is 2.99. The van der Waals surface area contributed by atoms with Crippen LogP contribution in [0.1, 0.15) is 65.8 Å². The third-order valence-electron chi connectivity index (χ3n) is 4.81. The molecule has 0 saturated heterocycles. The van der Waals surface area contributed by atoms with Crippen molar-refractivity contribution in [1.29, 1.82) is 0 Å². The van der Waals surface area contributed by atoms with Gasteiger partial charge in [-0.05, 0) is 31.0 Å². The molecule has 162 valence electrons. The van der Waals surface area contributed by atoms with Gasteiger partial charge in [0.05, 0.1) is 11.3 Å². The molecule has 0 radical (unpaired) electrons. The van der Waals surface area contributed by atoms with Gasteiger partial charge in [-0.3, -0.25) is 9.59 Å². The second kappa shape index (κ2) is 10.5. The molecule has 0 spiro atoms. The monoisotopic (exact) mass is 420 g/mol. The third-order valence-corrected chi connectivity index (χ3v) is 4.81. The first-order valence-corrected chi connectivity index (χ1v) is 10.5. The number of carbonyl (C=O) groups excluding carboxylic acids is 2. The molecule has 0 unspecified atom stereocenters. The average molecular weight is 421 g/mol. The quantitative estimate of drug-likeness (QED) is 0.535. The summed E-state index contributed by atoms with van der Waals surface area (Å²) in [4.78, 5) is 29.4. The number of nitrogens with zero attached hydrogens (tertiary/aromatic N) is 2. The first-order valence-electron chi connectivity index (χ1n) is 10.5. The summed E-state index contributed by atoms with van der Waals surface area (Å²) in [5, 5.41) is 9.67. The zero-order valence-corrected chi connectivity index (χ0v) is 18.1. The van der Waals surface area contributed by atoms with E-state index in [1.165, 1.54) is 5.56 Å². The Kier molecular flexibility index (Phi) is 7.54. The summed E-state index contributed by atoms with van der Waals surface area (Å²) in [6, 6.07) is 15.0. The Morgan fingerprint density at radius 2 is 1.81 bits per heavy atom. The van der Waals surface area contributed by atoms with E-state index in [-0.39, 0.29) is 17.7 Å². The van der Waals surface area contributed by atoms with Crippen LogP contribution >= 0.6 is 0 Å². The van der Waals surface area contributed by atoms with Crippen LogP contribution in [0.3, 0.4) is 0 Å². The second-order valence-corrected chi connectivity index (χ2v) is 7.82. The predicted octanol–water partition coefficient (Wildman–Crippen LogP) is 4.39. The van der Waals surface area contributed by atoms with Gasteiger partial charge < -0.3 is 15.2 Å². The topological polar surface area (TPSA) is 97.1 Å². The third kappa shape index (κ3) is 6.50. The van der Waals surface area contributed by atoms with E-state index < -0.39 is 0 Å². The molecule has 0 aliphatic heterocycles. The van der Waals surface area contributed by atoms with Gasteiger partial charge in [0.1, 0.15) is 0 Å². The zero-order chi connectivity index (χ0) is 22.2. The van der Waals surface area contributed by atoms with Crippen LogP contribution in [0.15, 0.2) is 53.1 Å². The van der Waals surface area contributed by atoms with Crippen molar-refractivity contribution in [1.82, 2.24) is 15.5 Å². The number of hydrogen-bond donors (Lipinski definition) is 2. The van der Waals surface area contributed by atoms with Crippen LogP contribution in [0, 0.1) is 6.92 Å². The number of carbonyl (C=O) groups is 2. The Bertz CT molecular complexity index is 1030. The molecule has 2 aromatic carbocycles. The maximum atomic E-state index is 12.7. The lowest BCUT2D eigenvalue weighted by Crippen LogP contribution is -2.24. The van der Waals surface area contributed by atoms with E-state index >= 15 is 0 Å². The smallest absolute Gasteiger partial charge is 0.253 e. The fraction of sp³-hybridized carbons (Fsp3) is 0.333. The van der Waals surface area contributed by atoms with Crippen LogP contribution in [-0.2, 0) is 17.8 Å². The Balaban J connectivity index is 1.52. The lowest BCUT2D eigenvalue weighted by atomic mass is 10.1. The van der Waals surface area contributed by atoms with Gasteiger partial charge >= 0.3 is 0 Å². The van der Waals surface area contributed by atoms with E-state index in [0.29, 0.717) is 48.8 Å². The van der Waals surface area contributed by atoms with E-state index in [4.69, 9.17) is 4.52 Å². The van der Waals surface area contributed by atoms with Gasteiger partial charge in [0.25, 0.3) is 5.91 Å². The first kappa shape index (κ1) is 22.2. The molecule has 3 rings (SSSR count). The van der Waals surface area contributed by atoms with Crippen molar-refractivity contribution in [3.63, 3.8) is 0 Å². The van der Waals surface area contributed by atoms with Crippen LogP contribution in [0.2, 0.25) is 0 Å². The van der Waals surface area contributed by atoms with E-state index in [9.17, 15) is 9.59 Å². The van der Waals surface area contributed by atoms with Gasteiger partial charge in [0.2, 0.25) is 11.8 Å². The van der Waals surface area contributed by atoms with Crippen molar-refractivity contribution < 1.29 is 14.1 Å². The second-order valence-electron chi connectivity index (χ2n) is 7.82. The normalized spacial score (nSPS) is 10.8. The van der Waals surface area contributed by atoms with Crippen molar-refractivity contribution in [2.24, 2.45) is 0 Å². The summed E-state index contributed by atoms with van der Waals surface area (Å²) >= 11 is 0. The van der Waals surface area contributed by atoms with Crippen molar-refractivity contribution >= 4 is 17.5 Å². The van der Waals surface area contributed by atoms with Crippen LogP contribution in [0.5, 0.6) is 0 Å². The highest BCUT2D eigenvalue weighted by Crippen LogP contribution is 2.17.